The number of rotatable bonds is 0. The minimum atomic E-state index is 0.750. The Hall–Kier alpha value is -2.00. The second-order valence-corrected chi connectivity index (χ2v) is 1.91. The normalized spacial score (nSPS) is 8.33. The van der Waals surface area contributed by atoms with Gasteiger partial charge in [0.2, 0.25) is 6.08 Å². The van der Waals surface area contributed by atoms with E-state index in [1.807, 2.05) is 24.3 Å². The molecule has 0 aliphatic heterocycles. The maximum atomic E-state index is 8.35. The molecule has 5 nitrogen and oxygen atoms in total. The Bertz CT molecular complexity index is 359. The Kier molecular flexibility index (Phi) is 2.70. The summed E-state index contributed by atoms with van der Waals surface area (Å²) in [7, 11) is 0. The van der Waals surface area contributed by atoms with Crippen molar-refractivity contribution >= 4 is 17.1 Å². The van der Waals surface area contributed by atoms with E-state index in [2.05, 4.69) is 15.4 Å². The number of fused-ring (bicyclic) bond motifs is 1. The number of isocyanates is 1. The van der Waals surface area contributed by atoms with Gasteiger partial charge in [0.1, 0.15) is 11.0 Å². The molecule has 0 aliphatic rings. The van der Waals surface area contributed by atoms with E-state index >= 15 is 0 Å². The highest BCUT2D eigenvalue weighted by molar-refractivity contribution is 5.72. The van der Waals surface area contributed by atoms with Gasteiger partial charge in [0.15, 0.2) is 0 Å². The van der Waals surface area contributed by atoms with Crippen molar-refractivity contribution in [2.75, 3.05) is 0 Å². The summed E-state index contributed by atoms with van der Waals surface area (Å²) in [5, 5.41) is 15.7. The first kappa shape index (κ1) is 8.10. The molecule has 0 radical (unpaired) electrons. The van der Waals surface area contributed by atoms with Crippen LogP contribution in [0.2, 0.25) is 0 Å². The molecule has 0 aliphatic carbocycles. The van der Waals surface area contributed by atoms with E-state index < -0.39 is 0 Å². The van der Waals surface area contributed by atoms with Gasteiger partial charge in [0.05, 0.1) is 0 Å². The number of aromatic nitrogens is 3. The maximum absolute atomic E-state index is 8.35. The lowest BCUT2D eigenvalue weighted by molar-refractivity contribution is 0.563. The quantitative estimate of drug-likeness (QED) is 0.445. The number of nitrogens with zero attached hydrogens (tertiary/aromatic N) is 2. The summed E-state index contributed by atoms with van der Waals surface area (Å²) in [5.74, 6) is 0. The van der Waals surface area contributed by atoms with Gasteiger partial charge >= 0.3 is 0 Å². The summed E-state index contributed by atoms with van der Waals surface area (Å²) in [6.45, 7) is 0. The van der Waals surface area contributed by atoms with Gasteiger partial charge in [-0.3, -0.25) is 0 Å². The van der Waals surface area contributed by atoms with Crippen LogP contribution in [0.25, 0.3) is 11.0 Å². The number of hydrogen-bond donors (Lipinski definition) is 2. The first-order valence-electron chi connectivity index (χ1n) is 3.18. The van der Waals surface area contributed by atoms with Gasteiger partial charge in [-0.1, -0.05) is 12.1 Å². The van der Waals surface area contributed by atoms with Crippen LogP contribution in [-0.4, -0.2) is 21.5 Å². The van der Waals surface area contributed by atoms with Crippen LogP contribution in [0, 0.1) is 5.41 Å². The summed E-state index contributed by atoms with van der Waals surface area (Å²) >= 11 is 0. The van der Waals surface area contributed by atoms with Gasteiger partial charge in [-0.15, -0.1) is 0 Å². The van der Waals surface area contributed by atoms with Crippen LogP contribution in [-0.2, 0) is 4.79 Å². The van der Waals surface area contributed by atoms with Gasteiger partial charge < -0.3 is 0 Å². The fourth-order valence-corrected chi connectivity index (χ4v) is 0.786. The second-order valence-electron chi connectivity index (χ2n) is 1.91. The molecular weight excluding hydrogens is 156 g/mol. The van der Waals surface area contributed by atoms with E-state index in [-0.39, 0.29) is 0 Å². The highest BCUT2D eigenvalue weighted by Gasteiger charge is 1.90. The van der Waals surface area contributed by atoms with Gasteiger partial charge in [0.25, 0.3) is 0 Å². The van der Waals surface area contributed by atoms with Gasteiger partial charge in [-0.25, -0.2) is 10.2 Å². The lowest BCUT2D eigenvalue weighted by Crippen LogP contribution is -1.63. The molecule has 1 aromatic carbocycles. The third-order valence-corrected chi connectivity index (χ3v) is 1.22. The molecule has 2 aromatic rings. The average Bonchev–Trinajstić information content (AvgIpc) is 2.52. The lowest BCUT2D eigenvalue weighted by Gasteiger charge is -1.78. The Morgan fingerprint density at radius 2 is 1.67 bits per heavy atom. The Morgan fingerprint density at radius 3 is 2.08 bits per heavy atom. The monoisotopic (exact) mass is 162 g/mol. The third-order valence-electron chi connectivity index (χ3n) is 1.22. The Labute approximate surface area is 67.9 Å². The molecule has 5 heteroatoms. The number of carbonyl (C=O) groups excluding carboxylic acids is 1. The molecule has 2 N–H and O–H groups in total. The van der Waals surface area contributed by atoms with Crippen molar-refractivity contribution in [2.24, 2.45) is 0 Å². The fourth-order valence-electron chi connectivity index (χ4n) is 0.786. The van der Waals surface area contributed by atoms with Crippen LogP contribution >= 0.6 is 0 Å². The molecule has 0 saturated carbocycles. The van der Waals surface area contributed by atoms with Crippen LogP contribution in [0.3, 0.4) is 0 Å². The van der Waals surface area contributed by atoms with Crippen molar-refractivity contribution in [3.05, 3.63) is 24.3 Å². The zero-order chi connectivity index (χ0) is 8.81. The molecule has 12 heavy (non-hydrogen) atoms. The maximum Gasteiger partial charge on any atom is 0.231 e. The standard InChI is InChI=1S/C6H5N3.CHNO/c1-2-4-6-5(3-1)7-9-8-6;2-1-3/h1-4H,(H,7,8,9);2H. The molecule has 60 valence electrons. The number of para-hydroxylation sites is 2. The van der Waals surface area contributed by atoms with E-state index in [0.29, 0.717) is 0 Å². The molecular formula is C7H6N4O. The number of H-pyrrole nitrogens is 1. The van der Waals surface area contributed by atoms with Crippen molar-refractivity contribution in [3.63, 3.8) is 0 Å². The molecule has 0 fully saturated rings. The van der Waals surface area contributed by atoms with Gasteiger partial charge in [0, 0.05) is 0 Å². The molecule has 0 amide bonds. The summed E-state index contributed by atoms with van der Waals surface area (Å²) in [6, 6.07) is 7.70. The molecule has 0 atom stereocenters. The van der Waals surface area contributed by atoms with Crippen LogP contribution in [0.4, 0.5) is 0 Å². The predicted octanol–water partition coefficient (Wildman–Crippen LogP) is 0.859. The van der Waals surface area contributed by atoms with E-state index in [9.17, 15) is 0 Å². The number of aromatic amines is 1. The van der Waals surface area contributed by atoms with Gasteiger partial charge in [-0.05, 0) is 12.1 Å². The SMILES string of the molecule is N=C=O.c1ccc2n[nH]nc2c1. The Morgan fingerprint density at radius 1 is 1.25 bits per heavy atom. The molecule has 0 saturated heterocycles. The predicted molar refractivity (Wildman–Crippen MR) is 42.3 cm³/mol. The van der Waals surface area contributed by atoms with E-state index in [1.165, 1.54) is 0 Å². The minimum absolute atomic E-state index is 0.750. The van der Waals surface area contributed by atoms with Gasteiger partial charge in [-0.2, -0.15) is 15.4 Å². The van der Waals surface area contributed by atoms with E-state index in [4.69, 9.17) is 10.2 Å². The first-order valence-corrected chi connectivity index (χ1v) is 3.18. The minimum Gasteiger partial charge on any atom is -0.222 e. The van der Waals surface area contributed by atoms with Crippen molar-refractivity contribution in [1.29, 1.82) is 5.41 Å². The number of nitrogens with one attached hydrogen (secondary N) is 2. The first-order chi connectivity index (χ1) is 5.88. The topological polar surface area (TPSA) is 82.5 Å². The van der Waals surface area contributed by atoms with Crippen LogP contribution < -0.4 is 0 Å². The van der Waals surface area contributed by atoms with Crippen LogP contribution in [0.15, 0.2) is 24.3 Å². The molecule has 0 unspecified atom stereocenters. The Balaban J connectivity index is 0.000000213. The highest BCUT2D eigenvalue weighted by atomic mass is 16.1. The summed E-state index contributed by atoms with van der Waals surface area (Å²) < 4.78 is 0. The van der Waals surface area contributed by atoms with Crippen LogP contribution in [0.1, 0.15) is 0 Å². The summed E-state index contributed by atoms with van der Waals surface area (Å²) in [5.41, 5.74) is 1.83. The van der Waals surface area contributed by atoms with Crippen molar-refractivity contribution in [3.8, 4) is 0 Å². The third kappa shape index (κ3) is 1.74. The van der Waals surface area contributed by atoms with Crippen molar-refractivity contribution in [2.45, 2.75) is 0 Å². The molecule has 0 bridgehead atoms. The second kappa shape index (κ2) is 4.00. The molecule has 1 heterocycles. The number of hydrogen-bond acceptors (Lipinski definition) is 4. The highest BCUT2D eigenvalue weighted by Crippen LogP contribution is 2.03. The lowest BCUT2D eigenvalue weighted by atomic mass is 10.3. The van der Waals surface area contributed by atoms with E-state index in [0.717, 1.165) is 17.1 Å². The molecule has 2 rings (SSSR count). The van der Waals surface area contributed by atoms with Crippen molar-refractivity contribution < 1.29 is 4.79 Å². The zero-order valence-electron chi connectivity index (χ0n) is 6.11. The van der Waals surface area contributed by atoms with E-state index in [1.54, 1.807) is 0 Å². The summed E-state index contributed by atoms with van der Waals surface area (Å²) in [6.07, 6.45) is 0.750. The zero-order valence-corrected chi connectivity index (χ0v) is 6.11. The average molecular weight is 162 g/mol. The van der Waals surface area contributed by atoms with Crippen LogP contribution in [0.5, 0.6) is 0 Å². The largest absolute Gasteiger partial charge is 0.231 e. The molecule has 1 aromatic heterocycles. The smallest absolute Gasteiger partial charge is 0.222 e. The fraction of sp³-hybridized carbons (Fsp3) is 0. The summed E-state index contributed by atoms with van der Waals surface area (Å²) in [4.78, 5) is 8.35. The molecule has 0 spiro atoms. The van der Waals surface area contributed by atoms with Crippen molar-refractivity contribution in [1.82, 2.24) is 15.4 Å². The number of benzene rings is 1.